The molecule has 3 rings (SSSR count). The first-order valence-electron chi connectivity index (χ1n) is 7.77. The van der Waals surface area contributed by atoms with Crippen molar-refractivity contribution in [2.75, 3.05) is 19.7 Å². The van der Waals surface area contributed by atoms with Crippen LogP contribution in [-0.4, -0.2) is 45.3 Å². The van der Waals surface area contributed by atoms with Gasteiger partial charge in [0.05, 0.1) is 24.1 Å². The lowest BCUT2D eigenvalue weighted by Crippen LogP contribution is -2.38. The minimum absolute atomic E-state index is 0.0302. The Morgan fingerprint density at radius 3 is 2.96 bits per heavy atom. The molecule has 1 aliphatic rings. The normalized spacial score (nSPS) is 16.6. The average Bonchev–Trinajstić information content (AvgIpc) is 3.19. The van der Waals surface area contributed by atoms with Crippen LogP contribution in [0.5, 0.6) is 0 Å². The molecule has 1 aliphatic heterocycles. The van der Waals surface area contributed by atoms with Crippen molar-refractivity contribution in [3.05, 3.63) is 22.3 Å². The molecular weight excluding hydrogens is 332 g/mol. The van der Waals surface area contributed by atoms with E-state index in [0.29, 0.717) is 18.0 Å². The van der Waals surface area contributed by atoms with E-state index >= 15 is 0 Å². The molecule has 1 N–H and O–H groups in total. The van der Waals surface area contributed by atoms with Gasteiger partial charge in [0.15, 0.2) is 5.82 Å². The highest BCUT2D eigenvalue weighted by molar-refractivity contribution is 7.71. The number of carbonyl (C=O) groups excluding carboxylic acids is 1. The van der Waals surface area contributed by atoms with Crippen LogP contribution in [0.25, 0.3) is 10.7 Å². The van der Waals surface area contributed by atoms with Gasteiger partial charge in [0.1, 0.15) is 0 Å². The zero-order chi connectivity index (χ0) is 16.2. The minimum Gasteiger partial charge on any atom is -0.466 e. The summed E-state index contributed by atoms with van der Waals surface area (Å²) >= 11 is 6.97. The number of nitrogens with zero attached hydrogens (tertiary/aromatic N) is 3. The lowest BCUT2D eigenvalue weighted by molar-refractivity contribution is -0.149. The van der Waals surface area contributed by atoms with Gasteiger partial charge in [-0.3, -0.25) is 14.8 Å². The highest BCUT2D eigenvalue weighted by Crippen LogP contribution is 2.22. The van der Waals surface area contributed by atoms with E-state index < -0.39 is 0 Å². The Morgan fingerprint density at radius 2 is 2.30 bits per heavy atom. The fraction of sp³-hybridized carbons (Fsp3) is 0.533. The van der Waals surface area contributed by atoms with Crippen LogP contribution in [0, 0.1) is 10.7 Å². The molecule has 23 heavy (non-hydrogen) atoms. The van der Waals surface area contributed by atoms with Crippen molar-refractivity contribution in [1.29, 1.82) is 0 Å². The molecule has 0 aliphatic carbocycles. The van der Waals surface area contributed by atoms with E-state index in [4.69, 9.17) is 17.0 Å². The quantitative estimate of drug-likeness (QED) is 0.662. The van der Waals surface area contributed by atoms with Crippen LogP contribution in [0.1, 0.15) is 19.8 Å². The molecule has 0 atom stereocenters. The molecule has 2 aromatic heterocycles. The molecule has 2 aromatic rings. The van der Waals surface area contributed by atoms with Gasteiger partial charge in [-0.2, -0.15) is 4.98 Å². The summed E-state index contributed by atoms with van der Waals surface area (Å²) in [6, 6.07) is 4.02. The maximum absolute atomic E-state index is 11.8. The topological polar surface area (TPSA) is 63.1 Å². The Morgan fingerprint density at radius 1 is 1.52 bits per heavy atom. The van der Waals surface area contributed by atoms with Gasteiger partial charge < -0.3 is 4.74 Å². The third kappa shape index (κ3) is 3.88. The number of aromatic amines is 1. The van der Waals surface area contributed by atoms with E-state index in [2.05, 4.69) is 15.0 Å². The number of piperidine rings is 1. The summed E-state index contributed by atoms with van der Waals surface area (Å²) in [5.41, 5.74) is 0. The van der Waals surface area contributed by atoms with Crippen molar-refractivity contribution in [3.63, 3.8) is 0 Å². The molecule has 0 aromatic carbocycles. The summed E-state index contributed by atoms with van der Waals surface area (Å²) < 4.78 is 7.54. The summed E-state index contributed by atoms with van der Waals surface area (Å²) in [7, 11) is 0. The molecular formula is C15H20N4O2S2. The zero-order valence-electron chi connectivity index (χ0n) is 13.0. The van der Waals surface area contributed by atoms with Gasteiger partial charge in [0, 0.05) is 13.1 Å². The number of ether oxygens (including phenoxy) is 1. The standard InChI is InChI=1S/C15H20N4O2S2/c1-2-21-14(20)11-5-7-18(8-6-11)10-19-15(22)16-13(17-19)12-4-3-9-23-12/h3-4,9,11H,2,5-8,10H2,1H3,(H,16,17,22). The van der Waals surface area contributed by atoms with Crippen molar-refractivity contribution in [3.8, 4) is 10.7 Å². The number of hydrogen-bond donors (Lipinski definition) is 1. The van der Waals surface area contributed by atoms with Crippen LogP contribution < -0.4 is 0 Å². The highest BCUT2D eigenvalue weighted by atomic mass is 32.1. The first kappa shape index (κ1) is 16.4. The maximum Gasteiger partial charge on any atom is 0.309 e. The smallest absolute Gasteiger partial charge is 0.309 e. The number of rotatable bonds is 5. The molecule has 1 saturated heterocycles. The summed E-state index contributed by atoms with van der Waals surface area (Å²) in [6.07, 6.45) is 1.66. The van der Waals surface area contributed by atoms with E-state index in [9.17, 15) is 4.79 Å². The molecule has 0 spiro atoms. The van der Waals surface area contributed by atoms with Crippen LogP contribution in [0.4, 0.5) is 0 Å². The number of H-pyrrole nitrogens is 1. The second-order valence-electron chi connectivity index (χ2n) is 5.55. The molecule has 0 radical (unpaired) electrons. The summed E-state index contributed by atoms with van der Waals surface area (Å²) in [6.45, 7) is 4.69. The molecule has 1 fully saturated rings. The molecule has 3 heterocycles. The van der Waals surface area contributed by atoms with Crippen LogP contribution >= 0.6 is 23.6 Å². The van der Waals surface area contributed by atoms with Gasteiger partial charge in [-0.1, -0.05) is 6.07 Å². The molecule has 8 heteroatoms. The second kappa shape index (κ2) is 7.37. The number of likely N-dealkylation sites (tertiary alicyclic amines) is 1. The number of aromatic nitrogens is 3. The highest BCUT2D eigenvalue weighted by Gasteiger charge is 2.26. The predicted octanol–water partition coefficient (Wildman–Crippen LogP) is 2.90. The van der Waals surface area contributed by atoms with Crippen molar-refractivity contribution in [2.45, 2.75) is 26.4 Å². The van der Waals surface area contributed by atoms with Gasteiger partial charge in [-0.15, -0.1) is 11.3 Å². The van der Waals surface area contributed by atoms with E-state index in [0.717, 1.165) is 36.6 Å². The fourth-order valence-electron chi connectivity index (χ4n) is 2.75. The van der Waals surface area contributed by atoms with Gasteiger partial charge in [0.2, 0.25) is 4.77 Å². The van der Waals surface area contributed by atoms with Gasteiger partial charge in [-0.25, -0.2) is 4.68 Å². The van der Waals surface area contributed by atoms with E-state index in [1.165, 1.54) is 0 Å². The first-order chi connectivity index (χ1) is 11.2. The summed E-state index contributed by atoms with van der Waals surface area (Å²) in [5, 5.41) is 5.28. The Labute approximate surface area is 144 Å². The van der Waals surface area contributed by atoms with E-state index in [1.807, 2.05) is 29.1 Å². The molecule has 6 nitrogen and oxygen atoms in total. The van der Waals surface area contributed by atoms with Gasteiger partial charge in [-0.05, 0) is 43.4 Å². The Bertz CT molecular complexity index is 699. The van der Waals surface area contributed by atoms with E-state index in [1.54, 1.807) is 11.3 Å². The van der Waals surface area contributed by atoms with Crippen molar-refractivity contribution in [2.24, 2.45) is 5.92 Å². The van der Waals surface area contributed by atoms with Gasteiger partial charge >= 0.3 is 5.97 Å². The minimum atomic E-state index is -0.0646. The number of hydrogen-bond acceptors (Lipinski definition) is 6. The maximum atomic E-state index is 11.8. The number of thiophene rings is 1. The van der Waals surface area contributed by atoms with Crippen LogP contribution in [0.15, 0.2) is 17.5 Å². The van der Waals surface area contributed by atoms with Crippen LogP contribution in [-0.2, 0) is 16.2 Å². The molecule has 0 unspecified atom stereocenters. The fourth-order valence-corrected chi connectivity index (χ4v) is 3.60. The third-order valence-corrected chi connectivity index (χ3v) is 5.17. The average molecular weight is 352 g/mol. The lowest BCUT2D eigenvalue weighted by atomic mass is 9.97. The first-order valence-corrected chi connectivity index (χ1v) is 9.06. The molecule has 0 bridgehead atoms. The number of nitrogens with one attached hydrogen (secondary N) is 1. The molecule has 0 saturated carbocycles. The second-order valence-corrected chi connectivity index (χ2v) is 6.86. The Hall–Kier alpha value is -1.51. The largest absolute Gasteiger partial charge is 0.466 e. The Balaban J connectivity index is 1.59. The lowest BCUT2D eigenvalue weighted by Gasteiger charge is -2.30. The van der Waals surface area contributed by atoms with Crippen LogP contribution in [0.2, 0.25) is 0 Å². The van der Waals surface area contributed by atoms with Crippen molar-refractivity contribution < 1.29 is 9.53 Å². The third-order valence-electron chi connectivity index (χ3n) is 3.98. The number of carbonyl (C=O) groups is 1. The summed E-state index contributed by atoms with van der Waals surface area (Å²) in [5.74, 6) is 0.777. The molecule has 0 amide bonds. The van der Waals surface area contributed by atoms with Crippen molar-refractivity contribution >= 4 is 29.5 Å². The van der Waals surface area contributed by atoms with E-state index in [-0.39, 0.29) is 11.9 Å². The van der Waals surface area contributed by atoms with Crippen LogP contribution in [0.3, 0.4) is 0 Å². The van der Waals surface area contributed by atoms with Crippen molar-refractivity contribution in [1.82, 2.24) is 19.7 Å². The Kier molecular flexibility index (Phi) is 5.24. The predicted molar refractivity (Wildman–Crippen MR) is 91.7 cm³/mol. The van der Waals surface area contributed by atoms with Gasteiger partial charge in [0.25, 0.3) is 0 Å². The number of esters is 1. The zero-order valence-corrected chi connectivity index (χ0v) is 14.7. The monoisotopic (exact) mass is 352 g/mol. The molecule has 124 valence electrons. The summed E-state index contributed by atoms with van der Waals surface area (Å²) in [4.78, 5) is 19.6. The SMILES string of the molecule is CCOC(=O)C1CCN(Cn2[nH]c(-c3cccs3)nc2=S)CC1.